The number of nitrogens with two attached hydrogens (primary N) is 1. The molecule has 0 fully saturated rings. The Balaban J connectivity index is 2.27. The summed E-state index contributed by atoms with van der Waals surface area (Å²) in [5.74, 6) is -1.86. The number of fused-ring (bicyclic) bond motifs is 1. The van der Waals surface area contributed by atoms with Crippen LogP contribution in [0.3, 0.4) is 0 Å². The third kappa shape index (κ3) is 2.46. The number of aromatic hydroxyl groups is 1. The molecule has 0 unspecified atom stereocenters. The molecule has 0 aliphatic heterocycles. The molecule has 5 nitrogen and oxygen atoms in total. The molecular weight excluding hydrogens is 292 g/mol. The predicted octanol–water partition coefficient (Wildman–Crippen LogP) is 2.37. The first-order chi connectivity index (χ1) is 11.0. The van der Waals surface area contributed by atoms with Crippen molar-refractivity contribution in [1.29, 1.82) is 0 Å². The Morgan fingerprint density at radius 2 is 1.78 bits per heavy atom. The second-order valence-electron chi connectivity index (χ2n) is 5.40. The Kier molecular flexibility index (Phi) is 3.62. The van der Waals surface area contributed by atoms with Crippen molar-refractivity contribution in [2.75, 3.05) is 0 Å². The van der Waals surface area contributed by atoms with Gasteiger partial charge in [-0.3, -0.25) is 9.59 Å². The van der Waals surface area contributed by atoms with Gasteiger partial charge in [0.15, 0.2) is 0 Å². The van der Waals surface area contributed by atoms with Crippen LogP contribution < -0.4 is 5.73 Å². The molecule has 3 rings (SSSR count). The molecule has 1 amide bonds. The van der Waals surface area contributed by atoms with Crippen molar-refractivity contribution in [2.45, 2.75) is 13.5 Å². The summed E-state index contributed by atoms with van der Waals surface area (Å²) in [7, 11) is 0. The quantitative estimate of drug-likeness (QED) is 0.573. The fraction of sp³-hybridized carbons (Fsp3) is 0.111. The molecule has 0 saturated heterocycles. The Bertz CT molecular complexity index is 911. The molecular formula is C18H16N2O3. The van der Waals surface area contributed by atoms with Crippen molar-refractivity contribution in [3.8, 4) is 5.75 Å². The van der Waals surface area contributed by atoms with Crippen LogP contribution in [-0.2, 0) is 11.3 Å². The van der Waals surface area contributed by atoms with Crippen LogP contribution in [0.4, 0.5) is 0 Å². The monoisotopic (exact) mass is 308 g/mol. The molecule has 0 aliphatic carbocycles. The molecule has 5 heteroatoms. The lowest BCUT2D eigenvalue weighted by Crippen LogP contribution is -2.23. The lowest BCUT2D eigenvalue weighted by molar-refractivity contribution is -0.114. The van der Waals surface area contributed by atoms with Crippen LogP contribution in [0.25, 0.3) is 10.9 Å². The topological polar surface area (TPSA) is 85.3 Å². The number of Topliss-reactive ketones (excluding diaryl/α,β-unsaturated/α-hetero) is 1. The fourth-order valence-corrected chi connectivity index (χ4v) is 2.88. The maximum atomic E-state index is 12.2. The third-order valence-corrected chi connectivity index (χ3v) is 3.96. The SMILES string of the molecule is Cc1c(C(=O)C(N)=O)c2c(O)cccc2n1Cc1ccccc1. The molecule has 1 aromatic heterocycles. The maximum Gasteiger partial charge on any atom is 0.289 e. The number of phenolic OH excluding ortho intramolecular Hbond substituents is 1. The Labute approximate surface area is 133 Å². The van der Waals surface area contributed by atoms with Crippen LogP contribution in [0.2, 0.25) is 0 Å². The average molecular weight is 308 g/mol. The number of hydrogen-bond acceptors (Lipinski definition) is 3. The van der Waals surface area contributed by atoms with Crippen molar-refractivity contribution in [3.05, 3.63) is 65.4 Å². The molecule has 0 aliphatic rings. The highest BCUT2D eigenvalue weighted by Crippen LogP contribution is 2.33. The zero-order valence-electron chi connectivity index (χ0n) is 12.6. The van der Waals surface area contributed by atoms with E-state index in [0.717, 1.165) is 5.56 Å². The predicted molar refractivity (Wildman–Crippen MR) is 87.4 cm³/mol. The van der Waals surface area contributed by atoms with E-state index in [-0.39, 0.29) is 11.3 Å². The van der Waals surface area contributed by atoms with E-state index in [9.17, 15) is 14.7 Å². The van der Waals surface area contributed by atoms with Gasteiger partial charge in [0.1, 0.15) is 5.75 Å². The van der Waals surface area contributed by atoms with Gasteiger partial charge in [-0.1, -0.05) is 36.4 Å². The van der Waals surface area contributed by atoms with Gasteiger partial charge < -0.3 is 15.4 Å². The minimum Gasteiger partial charge on any atom is -0.507 e. The highest BCUT2D eigenvalue weighted by Gasteiger charge is 2.25. The lowest BCUT2D eigenvalue weighted by atomic mass is 10.1. The number of benzene rings is 2. The summed E-state index contributed by atoms with van der Waals surface area (Å²) in [4.78, 5) is 23.6. The van der Waals surface area contributed by atoms with Crippen LogP contribution in [0.5, 0.6) is 5.75 Å². The number of amides is 1. The second kappa shape index (κ2) is 5.61. The molecule has 0 spiro atoms. The molecule has 23 heavy (non-hydrogen) atoms. The van der Waals surface area contributed by atoms with Gasteiger partial charge in [-0.15, -0.1) is 0 Å². The van der Waals surface area contributed by atoms with Crippen molar-refractivity contribution < 1.29 is 14.7 Å². The van der Waals surface area contributed by atoms with Crippen molar-refractivity contribution in [3.63, 3.8) is 0 Å². The van der Waals surface area contributed by atoms with E-state index >= 15 is 0 Å². The Hall–Kier alpha value is -3.08. The first-order valence-electron chi connectivity index (χ1n) is 7.19. The summed E-state index contributed by atoms with van der Waals surface area (Å²) in [6, 6.07) is 14.8. The Morgan fingerprint density at radius 1 is 1.09 bits per heavy atom. The van der Waals surface area contributed by atoms with Crippen molar-refractivity contribution in [1.82, 2.24) is 4.57 Å². The number of ketones is 1. The van der Waals surface area contributed by atoms with Gasteiger partial charge in [0.2, 0.25) is 0 Å². The summed E-state index contributed by atoms with van der Waals surface area (Å²) in [5.41, 5.74) is 7.67. The normalized spacial score (nSPS) is 10.8. The first kappa shape index (κ1) is 14.8. The number of carbonyl (C=O) groups excluding carboxylic acids is 2. The van der Waals surface area contributed by atoms with Gasteiger partial charge >= 0.3 is 0 Å². The summed E-state index contributed by atoms with van der Waals surface area (Å²) in [5, 5.41) is 10.5. The van der Waals surface area contributed by atoms with E-state index in [1.165, 1.54) is 6.07 Å². The number of aromatic nitrogens is 1. The smallest absolute Gasteiger partial charge is 0.289 e. The number of primary amides is 1. The molecule has 0 bridgehead atoms. The standard InChI is InChI=1S/C18H16N2O3/c1-11-15(17(22)18(19)23)16-13(8-5-9-14(16)21)20(11)10-12-6-3-2-4-7-12/h2-9,21H,10H2,1H3,(H2,19,23). The summed E-state index contributed by atoms with van der Waals surface area (Å²) in [6.07, 6.45) is 0. The molecule has 0 radical (unpaired) electrons. The number of rotatable bonds is 4. The van der Waals surface area contributed by atoms with Crippen LogP contribution >= 0.6 is 0 Å². The van der Waals surface area contributed by atoms with E-state index < -0.39 is 11.7 Å². The van der Waals surface area contributed by atoms with Gasteiger partial charge in [0.25, 0.3) is 11.7 Å². The van der Waals surface area contributed by atoms with Gasteiger partial charge in [0.05, 0.1) is 16.5 Å². The van der Waals surface area contributed by atoms with E-state index in [1.807, 2.05) is 41.0 Å². The molecule has 3 N–H and O–H groups in total. The van der Waals surface area contributed by atoms with E-state index in [0.29, 0.717) is 23.1 Å². The molecule has 0 atom stereocenters. The zero-order valence-corrected chi connectivity index (χ0v) is 12.6. The van der Waals surface area contributed by atoms with Crippen LogP contribution in [-0.4, -0.2) is 21.4 Å². The largest absolute Gasteiger partial charge is 0.507 e. The molecule has 2 aromatic carbocycles. The Morgan fingerprint density at radius 3 is 2.43 bits per heavy atom. The number of carbonyl (C=O) groups is 2. The van der Waals surface area contributed by atoms with Gasteiger partial charge in [-0.25, -0.2) is 0 Å². The number of phenols is 1. The lowest BCUT2D eigenvalue weighted by Gasteiger charge is -2.08. The second-order valence-corrected chi connectivity index (χ2v) is 5.40. The number of nitrogens with zero attached hydrogens (tertiary/aromatic N) is 1. The highest BCUT2D eigenvalue weighted by molar-refractivity contribution is 6.45. The van der Waals surface area contributed by atoms with Crippen LogP contribution in [0.15, 0.2) is 48.5 Å². The molecule has 116 valence electrons. The molecule has 0 saturated carbocycles. The fourth-order valence-electron chi connectivity index (χ4n) is 2.88. The zero-order chi connectivity index (χ0) is 16.6. The van der Waals surface area contributed by atoms with Crippen LogP contribution in [0, 0.1) is 6.92 Å². The average Bonchev–Trinajstić information content (AvgIpc) is 2.82. The number of hydrogen-bond donors (Lipinski definition) is 2. The van der Waals surface area contributed by atoms with E-state index in [1.54, 1.807) is 13.0 Å². The van der Waals surface area contributed by atoms with Gasteiger partial charge in [-0.2, -0.15) is 0 Å². The molecule has 3 aromatic rings. The van der Waals surface area contributed by atoms with E-state index in [4.69, 9.17) is 5.73 Å². The highest BCUT2D eigenvalue weighted by atomic mass is 16.3. The van der Waals surface area contributed by atoms with Gasteiger partial charge in [-0.05, 0) is 24.6 Å². The van der Waals surface area contributed by atoms with Crippen molar-refractivity contribution in [2.24, 2.45) is 5.73 Å². The van der Waals surface area contributed by atoms with Crippen molar-refractivity contribution >= 4 is 22.6 Å². The summed E-state index contributed by atoms with van der Waals surface area (Å²) in [6.45, 7) is 2.28. The maximum absolute atomic E-state index is 12.2. The van der Waals surface area contributed by atoms with Crippen LogP contribution in [0.1, 0.15) is 21.6 Å². The molecule has 1 heterocycles. The van der Waals surface area contributed by atoms with Gasteiger partial charge in [0, 0.05) is 12.2 Å². The summed E-state index contributed by atoms with van der Waals surface area (Å²) >= 11 is 0. The minimum absolute atomic E-state index is 0.0398. The minimum atomic E-state index is -1.03. The third-order valence-electron chi connectivity index (χ3n) is 3.96. The first-order valence-corrected chi connectivity index (χ1v) is 7.19. The van der Waals surface area contributed by atoms with E-state index in [2.05, 4.69) is 0 Å². The summed E-state index contributed by atoms with van der Waals surface area (Å²) < 4.78 is 1.90.